The standard InChI is InChI=1S/C18H19NO4/c1-14-6-3-4-7-15(14)12-19(13-18(21)22-2)17(20)10-9-16-8-5-11-23-16/h3-11H,12-13H2,1-2H3/b10-9+. The van der Waals surface area contributed by atoms with Crippen LogP contribution in [0.1, 0.15) is 16.9 Å². The van der Waals surface area contributed by atoms with Crippen molar-refractivity contribution < 1.29 is 18.7 Å². The van der Waals surface area contributed by atoms with Crippen LogP contribution in [0, 0.1) is 6.92 Å². The number of methoxy groups -OCH3 is 1. The van der Waals surface area contributed by atoms with Crippen molar-refractivity contribution in [3.8, 4) is 0 Å². The zero-order chi connectivity index (χ0) is 16.7. The number of carbonyl (C=O) groups is 2. The summed E-state index contributed by atoms with van der Waals surface area (Å²) in [4.78, 5) is 25.4. The second-order valence-electron chi connectivity index (χ2n) is 5.05. The lowest BCUT2D eigenvalue weighted by Gasteiger charge is -2.21. The largest absolute Gasteiger partial charge is 0.468 e. The molecule has 0 radical (unpaired) electrons. The average Bonchev–Trinajstić information content (AvgIpc) is 3.07. The van der Waals surface area contributed by atoms with Crippen LogP contribution < -0.4 is 0 Å². The smallest absolute Gasteiger partial charge is 0.325 e. The topological polar surface area (TPSA) is 59.8 Å². The second-order valence-corrected chi connectivity index (χ2v) is 5.05. The predicted molar refractivity (Wildman–Crippen MR) is 86.4 cm³/mol. The van der Waals surface area contributed by atoms with Gasteiger partial charge in [0.25, 0.3) is 0 Å². The van der Waals surface area contributed by atoms with Crippen LogP contribution >= 0.6 is 0 Å². The Morgan fingerprint density at radius 2 is 2.00 bits per heavy atom. The minimum Gasteiger partial charge on any atom is -0.468 e. The molecule has 1 amide bonds. The van der Waals surface area contributed by atoms with Crippen LogP contribution in [-0.2, 0) is 20.9 Å². The number of carbonyl (C=O) groups excluding carboxylic acids is 2. The number of amides is 1. The van der Waals surface area contributed by atoms with E-state index in [1.54, 1.807) is 18.2 Å². The summed E-state index contributed by atoms with van der Waals surface area (Å²) in [5.41, 5.74) is 2.04. The molecule has 1 aromatic carbocycles. The zero-order valence-electron chi connectivity index (χ0n) is 13.2. The number of hydrogen-bond donors (Lipinski definition) is 0. The Balaban J connectivity index is 2.14. The summed E-state index contributed by atoms with van der Waals surface area (Å²) >= 11 is 0. The number of furan rings is 1. The van der Waals surface area contributed by atoms with Crippen LogP contribution in [0.15, 0.2) is 53.2 Å². The summed E-state index contributed by atoms with van der Waals surface area (Å²) in [6.07, 6.45) is 4.49. The fourth-order valence-electron chi connectivity index (χ4n) is 2.07. The van der Waals surface area contributed by atoms with Gasteiger partial charge in [0.15, 0.2) is 0 Å². The molecule has 0 bridgehead atoms. The van der Waals surface area contributed by atoms with Crippen molar-refractivity contribution in [2.24, 2.45) is 0 Å². The third kappa shape index (κ3) is 4.85. The summed E-state index contributed by atoms with van der Waals surface area (Å²) < 4.78 is 9.83. The molecule has 2 aromatic rings. The Hall–Kier alpha value is -2.82. The van der Waals surface area contributed by atoms with Crippen molar-refractivity contribution in [2.45, 2.75) is 13.5 Å². The molecular weight excluding hydrogens is 294 g/mol. The lowest BCUT2D eigenvalue weighted by Crippen LogP contribution is -2.34. The molecule has 0 unspecified atom stereocenters. The number of rotatable bonds is 6. The molecule has 0 atom stereocenters. The highest BCUT2D eigenvalue weighted by molar-refractivity contribution is 5.93. The van der Waals surface area contributed by atoms with E-state index in [1.807, 2.05) is 31.2 Å². The fraction of sp³-hybridized carbons (Fsp3) is 0.222. The highest BCUT2D eigenvalue weighted by atomic mass is 16.5. The zero-order valence-corrected chi connectivity index (χ0v) is 13.2. The number of ether oxygens (including phenoxy) is 1. The van der Waals surface area contributed by atoms with Gasteiger partial charge in [0, 0.05) is 12.6 Å². The quantitative estimate of drug-likeness (QED) is 0.608. The van der Waals surface area contributed by atoms with Gasteiger partial charge in [0.2, 0.25) is 5.91 Å². The van der Waals surface area contributed by atoms with Crippen molar-refractivity contribution >= 4 is 18.0 Å². The Morgan fingerprint density at radius 1 is 1.22 bits per heavy atom. The Kier molecular flexibility index (Phi) is 5.74. The van der Waals surface area contributed by atoms with Gasteiger partial charge in [0.1, 0.15) is 12.3 Å². The molecule has 0 spiro atoms. The molecule has 120 valence electrons. The molecule has 5 heteroatoms. The summed E-state index contributed by atoms with van der Waals surface area (Å²) in [7, 11) is 1.30. The van der Waals surface area contributed by atoms with Crippen LogP contribution in [0.4, 0.5) is 0 Å². The number of nitrogens with zero attached hydrogens (tertiary/aromatic N) is 1. The van der Waals surface area contributed by atoms with Gasteiger partial charge in [-0.05, 0) is 36.3 Å². The van der Waals surface area contributed by atoms with E-state index in [1.165, 1.54) is 24.3 Å². The minimum atomic E-state index is -0.460. The van der Waals surface area contributed by atoms with Gasteiger partial charge >= 0.3 is 5.97 Å². The number of hydrogen-bond acceptors (Lipinski definition) is 4. The maximum atomic E-state index is 12.4. The van der Waals surface area contributed by atoms with Gasteiger partial charge in [0.05, 0.1) is 13.4 Å². The van der Waals surface area contributed by atoms with Crippen LogP contribution in [0.3, 0.4) is 0 Å². The third-order valence-electron chi connectivity index (χ3n) is 3.42. The lowest BCUT2D eigenvalue weighted by atomic mass is 10.1. The van der Waals surface area contributed by atoms with E-state index in [4.69, 9.17) is 4.42 Å². The first-order chi connectivity index (χ1) is 11.1. The summed E-state index contributed by atoms with van der Waals surface area (Å²) in [6.45, 7) is 2.20. The SMILES string of the molecule is COC(=O)CN(Cc1ccccc1C)C(=O)/C=C/c1ccco1. The van der Waals surface area contributed by atoms with E-state index >= 15 is 0 Å². The van der Waals surface area contributed by atoms with E-state index in [0.29, 0.717) is 12.3 Å². The first-order valence-corrected chi connectivity index (χ1v) is 7.22. The van der Waals surface area contributed by atoms with E-state index in [9.17, 15) is 9.59 Å². The number of esters is 1. The molecule has 0 aliphatic heterocycles. The lowest BCUT2D eigenvalue weighted by molar-refractivity contribution is -0.145. The average molecular weight is 313 g/mol. The van der Waals surface area contributed by atoms with Gasteiger partial charge in [-0.2, -0.15) is 0 Å². The molecule has 5 nitrogen and oxygen atoms in total. The molecule has 1 aromatic heterocycles. The first-order valence-electron chi connectivity index (χ1n) is 7.22. The van der Waals surface area contributed by atoms with Gasteiger partial charge in [-0.25, -0.2) is 0 Å². The maximum Gasteiger partial charge on any atom is 0.325 e. The van der Waals surface area contributed by atoms with Crippen LogP contribution in [-0.4, -0.2) is 30.4 Å². The van der Waals surface area contributed by atoms with Crippen molar-refractivity contribution in [2.75, 3.05) is 13.7 Å². The predicted octanol–water partition coefficient (Wildman–Crippen LogP) is 2.80. The molecule has 0 aliphatic rings. The Morgan fingerprint density at radius 3 is 2.65 bits per heavy atom. The molecule has 0 N–H and O–H groups in total. The van der Waals surface area contributed by atoms with E-state index < -0.39 is 5.97 Å². The van der Waals surface area contributed by atoms with Crippen molar-refractivity contribution in [1.82, 2.24) is 4.90 Å². The Labute approximate surface area is 135 Å². The van der Waals surface area contributed by atoms with Gasteiger partial charge < -0.3 is 14.1 Å². The van der Waals surface area contributed by atoms with E-state index in [0.717, 1.165) is 11.1 Å². The summed E-state index contributed by atoms with van der Waals surface area (Å²) in [5.74, 6) is -0.166. The van der Waals surface area contributed by atoms with Crippen molar-refractivity contribution in [3.05, 3.63) is 65.6 Å². The fourth-order valence-corrected chi connectivity index (χ4v) is 2.07. The third-order valence-corrected chi connectivity index (χ3v) is 3.42. The highest BCUT2D eigenvalue weighted by Gasteiger charge is 2.16. The normalized spacial score (nSPS) is 10.7. The van der Waals surface area contributed by atoms with E-state index in [-0.39, 0.29) is 12.5 Å². The van der Waals surface area contributed by atoms with Crippen LogP contribution in [0.2, 0.25) is 0 Å². The Bertz CT molecular complexity index is 689. The van der Waals surface area contributed by atoms with Crippen molar-refractivity contribution in [1.29, 1.82) is 0 Å². The maximum absolute atomic E-state index is 12.4. The molecule has 0 fully saturated rings. The molecule has 23 heavy (non-hydrogen) atoms. The molecule has 0 aliphatic carbocycles. The van der Waals surface area contributed by atoms with Gasteiger partial charge in [-0.3, -0.25) is 9.59 Å². The summed E-state index contributed by atoms with van der Waals surface area (Å²) in [5, 5.41) is 0. The number of aryl methyl sites for hydroxylation is 1. The van der Waals surface area contributed by atoms with Crippen molar-refractivity contribution in [3.63, 3.8) is 0 Å². The minimum absolute atomic E-state index is 0.105. The highest BCUT2D eigenvalue weighted by Crippen LogP contribution is 2.12. The first kappa shape index (κ1) is 16.5. The molecule has 1 heterocycles. The molecular formula is C18H19NO4. The van der Waals surface area contributed by atoms with Crippen LogP contribution in [0.25, 0.3) is 6.08 Å². The molecule has 2 rings (SSSR count). The number of benzene rings is 1. The monoisotopic (exact) mass is 313 g/mol. The second kappa shape index (κ2) is 7.98. The molecule has 0 saturated carbocycles. The van der Waals surface area contributed by atoms with E-state index in [2.05, 4.69) is 4.74 Å². The van der Waals surface area contributed by atoms with Crippen LogP contribution in [0.5, 0.6) is 0 Å². The molecule has 0 saturated heterocycles. The van der Waals surface area contributed by atoms with Gasteiger partial charge in [-0.1, -0.05) is 24.3 Å². The van der Waals surface area contributed by atoms with Gasteiger partial charge in [-0.15, -0.1) is 0 Å². The summed E-state index contributed by atoms with van der Waals surface area (Å²) in [6, 6.07) is 11.2.